The van der Waals surface area contributed by atoms with E-state index in [4.69, 9.17) is 0 Å². The fraction of sp³-hybridized carbons (Fsp3) is 0.400. The van der Waals surface area contributed by atoms with E-state index in [-0.39, 0.29) is 11.4 Å². The van der Waals surface area contributed by atoms with Gasteiger partial charge in [0.1, 0.15) is 11.9 Å². The summed E-state index contributed by atoms with van der Waals surface area (Å²) in [6.07, 6.45) is 5.07. The molecule has 1 spiro atoms. The van der Waals surface area contributed by atoms with Crippen molar-refractivity contribution in [1.82, 2.24) is 20.2 Å². The molecule has 1 saturated heterocycles. The summed E-state index contributed by atoms with van der Waals surface area (Å²) in [4.78, 5) is 26.3. The molecule has 1 aromatic rings. The average molecular weight is 215 g/mol. The third-order valence-corrected chi connectivity index (χ3v) is 3.45. The number of aliphatic imine (C=N–C) groups is 1. The molecule has 2 fully saturated rings. The molecule has 3 heterocycles. The summed E-state index contributed by atoms with van der Waals surface area (Å²) in [5, 5.41) is 2.83. The van der Waals surface area contributed by atoms with E-state index in [9.17, 15) is 4.79 Å². The van der Waals surface area contributed by atoms with Gasteiger partial charge in [0, 0.05) is 11.8 Å². The highest BCUT2D eigenvalue weighted by Gasteiger charge is 2.61. The number of amides is 1. The summed E-state index contributed by atoms with van der Waals surface area (Å²) in [5.74, 6) is 1.39. The Kier molecular flexibility index (Phi) is 1.23. The Labute approximate surface area is 91.4 Å². The first-order valence-corrected chi connectivity index (χ1v) is 5.26. The van der Waals surface area contributed by atoms with Gasteiger partial charge in [-0.05, 0) is 12.8 Å². The lowest BCUT2D eigenvalue weighted by Gasteiger charge is -2.26. The predicted molar refractivity (Wildman–Crippen MR) is 54.8 cm³/mol. The molecule has 0 aromatic carbocycles. The van der Waals surface area contributed by atoms with Crippen LogP contribution in [0.15, 0.2) is 17.5 Å². The van der Waals surface area contributed by atoms with Crippen molar-refractivity contribution in [2.75, 3.05) is 0 Å². The largest absolute Gasteiger partial charge is 0.323 e. The fourth-order valence-corrected chi connectivity index (χ4v) is 2.38. The van der Waals surface area contributed by atoms with E-state index in [0.717, 1.165) is 18.4 Å². The Morgan fingerprint density at radius 1 is 1.44 bits per heavy atom. The average Bonchev–Trinajstić information content (AvgIpc) is 3.04. The Hall–Kier alpha value is -1.98. The Bertz CT molecular complexity index is 534. The number of aromatic nitrogens is 2. The van der Waals surface area contributed by atoms with Crippen molar-refractivity contribution in [2.45, 2.75) is 24.9 Å². The number of fused-ring (bicyclic) bond motifs is 3. The molecule has 6 heteroatoms. The number of hydrogen-bond donors (Lipinski definition) is 1. The topological polar surface area (TPSA) is 70.5 Å². The highest BCUT2D eigenvalue weighted by Crippen LogP contribution is 2.47. The van der Waals surface area contributed by atoms with Crippen LogP contribution >= 0.6 is 0 Å². The van der Waals surface area contributed by atoms with E-state index in [0.29, 0.717) is 18.3 Å². The number of rotatable bonds is 0. The lowest BCUT2D eigenvalue weighted by atomic mass is 10.2. The van der Waals surface area contributed by atoms with Gasteiger partial charge >= 0.3 is 0 Å². The SMILES string of the molecule is O=C1NC2=Nc3ncncc3CN2C12CC2. The molecule has 2 aliphatic heterocycles. The number of carbonyl (C=O) groups is 1. The second kappa shape index (κ2) is 2.40. The van der Waals surface area contributed by atoms with Gasteiger partial charge in [0.05, 0.1) is 6.54 Å². The minimum absolute atomic E-state index is 0.0759. The van der Waals surface area contributed by atoms with Gasteiger partial charge in [0.25, 0.3) is 5.91 Å². The molecule has 1 saturated carbocycles. The van der Waals surface area contributed by atoms with Crippen molar-refractivity contribution in [1.29, 1.82) is 0 Å². The first-order valence-electron chi connectivity index (χ1n) is 5.26. The smallest absolute Gasteiger partial charge is 0.252 e. The summed E-state index contributed by atoms with van der Waals surface area (Å²) < 4.78 is 0. The molecule has 80 valence electrons. The summed E-state index contributed by atoms with van der Waals surface area (Å²) in [6, 6.07) is 0. The van der Waals surface area contributed by atoms with Crippen LogP contribution in [0.25, 0.3) is 0 Å². The minimum Gasteiger partial charge on any atom is -0.323 e. The van der Waals surface area contributed by atoms with Crippen LogP contribution in [0.2, 0.25) is 0 Å². The number of nitrogens with one attached hydrogen (secondary N) is 1. The van der Waals surface area contributed by atoms with Gasteiger partial charge in [0.15, 0.2) is 5.82 Å². The summed E-state index contributed by atoms with van der Waals surface area (Å²) in [7, 11) is 0. The molecule has 0 bridgehead atoms. The number of nitrogens with zero attached hydrogens (tertiary/aromatic N) is 4. The summed E-state index contributed by atoms with van der Waals surface area (Å²) in [6.45, 7) is 0.674. The van der Waals surface area contributed by atoms with Crippen LogP contribution in [-0.2, 0) is 11.3 Å². The molecule has 1 amide bonds. The zero-order valence-electron chi connectivity index (χ0n) is 8.47. The van der Waals surface area contributed by atoms with Gasteiger partial charge < -0.3 is 4.90 Å². The molecule has 0 radical (unpaired) electrons. The molecular formula is C10H9N5O. The van der Waals surface area contributed by atoms with E-state index in [1.165, 1.54) is 6.33 Å². The zero-order valence-corrected chi connectivity index (χ0v) is 8.47. The van der Waals surface area contributed by atoms with E-state index in [1.807, 2.05) is 4.90 Å². The third kappa shape index (κ3) is 0.827. The zero-order chi connectivity index (χ0) is 10.8. The van der Waals surface area contributed by atoms with Crippen molar-refractivity contribution < 1.29 is 4.79 Å². The Morgan fingerprint density at radius 3 is 3.12 bits per heavy atom. The summed E-state index contributed by atoms with van der Waals surface area (Å²) in [5.41, 5.74) is 0.667. The molecule has 0 atom stereocenters. The maximum atomic E-state index is 11.8. The highest BCUT2D eigenvalue weighted by atomic mass is 16.2. The van der Waals surface area contributed by atoms with Crippen LogP contribution in [0.3, 0.4) is 0 Å². The van der Waals surface area contributed by atoms with E-state index < -0.39 is 0 Å². The number of guanidine groups is 1. The lowest BCUT2D eigenvalue weighted by Crippen LogP contribution is -2.38. The van der Waals surface area contributed by atoms with Gasteiger partial charge in [-0.1, -0.05) is 0 Å². The van der Waals surface area contributed by atoms with Gasteiger partial charge in [-0.2, -0.15) is 4.99 Å². The number of hydrogen-bond acceptors (Lipinski definition) is 5. The van der Waals surface area contributed by atoms with E-state index >= 15 is 0 Å². The normalized spacial score (nSPS) is 23.6. The minimum atomic E-state index is -0.313. The van der Waals surface area contributed by atoms with Crippen molar-refractivity contribution in [3.05, 3.63) is 18.1 Å². The van der Waals surface area contributed by atoms with Crippen molar-refractivity contribution in [2.24, 2.45) is 4.99 Å². The third-order valence-electron chi connectivity index (χ3n) is 3.45. The van der Waals surface area contributed by atoms with Crippen LogP contribution in [-0.4, -0.2) is 32.3 Å². The van der Waals surface area contributed by atoms with Crippen molar-refractivity contribution >= 4 is 17.7 Å². The first-order chi connectivity index (χ1) is 7.79. The van der Waals surface area contributed by atoms with Crippen LogP contribution in [0, 0.1) is 0 Å². The number of carbonyl (C=O) groups excluding carboxylic acids is 1. The van der Waals surface area contributed by atoms with Crippen molar-refractivity contribution in [3.8, 4) is 0 Å². The van der Waals surface area contributed by atoms with Crippen LogP contribution in [0.5, 0.6) is 0 Å². The maximum Gasteiger partial charge on any atom is 0.252 e. The molecular weight excluding hydrogens is 206 g/mol. The molecule has 4 rings (SSSR count). The molecule has 1 aromatic heterocycles. The molecule has 6 nitrogen and oxygen atoms in total. The van der Waals surface area contributed by atoms with Gasteiger partial charge in [-0.25, -0.2) is 9.97 Å². The van der Waals surface area contributed by atoms with Crippen LogP contribution in [0.4, 0.5) is 5.82 Å². The van der Waals surface area contributed by atoms with E-state index in [2.05, 4.69) is 20.3 Å². The van der Waals surface area contributed by atoms with Crippen LogP contribution in [0.1, 0.15) is 18.4 Å². The van der Waals surface area contributed by atoms with E-state index in [1.54, 1.807) is 6.20 Å². The van der Waals surface area contributed by atoms with Gasteiger partial charge in [0.2, 0.25) is 5.96 Å². The molecule has 1 aliphatic carbocycles. The van der Waals surface area contributed by atoms with Crippen LogP contribution < -0.4 is 5.32 Å². The highest BCUT2D eigenvalue weighted by molar-refractivity contribution is 6.11. The van der Waals surface area contributed by atoms with Gasteiger partial charge in [-0.15, -0.1) is 0 Å². The second-order valence-corrected chi connectivity index (χ2v) is 4.38. The second-order valence-electron chi connectivity index (χ2n) is 4.38. The Balaban J connectivity index is 1.86. The van der Waals surface area contributed by atoms with Gasteiger partial charge in [-0.3, -0.25) is 10.1 Å². The molecule has 16 heavy (non-hydrogen) atoms. The maximum absolute atomic E-state index is 11.8. The standard InChI is InChI=1S/C10H9N5O/c16-8-10(1-2-10)15-4-6-3-11-5-12-7(6)13-9(15)14-8/h3,5H,1-2,4H2,(H,11,12,13,14,16). The lowest BCUT2D eigenvalue weighted by molar-refractivity contribution is -0.122. The fourth-order valence-electron chi connectivity index (χ4n) is 2.38. The monoisotopic (exact) mass is 215 g/mol. The predicted octanol–water partition coefficient (Wildman–Crippen LogP) is -0.0579. The molecule has 1 N–H and O–H groups in total. The molecule has 0 unspecified atom stereocenters. The first kappa shape index (κ1) is 8.20. The Morgan fingerprint density at radius 2 is 2.31 bits per heavy atom. The quantitative estimate of drug-likeness (QED) is 0.658. The summed E-state index contributed by atoms with van der Waals surface area (Å²) >= 11 is 0. The van der Waals surface area contributed by atoms with Crippen molar-refractivity contribution in [3.63, 3.8) is 0 Å². The molecule has 3 aliphatic rings.